The number of hydrogen-bond donors (Lipinski definition) is 1. The van der Waals surface area contributed by atoms with E-state index in [1.807, 2.05) is 24.5 Å². The number of aryl methyl sites for hydroxylation is 1. The van der Waals surface area contributed by atoms with Crippen LogP contribution in [0.1, 0.15) is 17.0 Å². The van der Waals surface area contributed by atoms with Gasteiger partial charge in [-0.05, 0) is 80.1 Å². The van der Waals surface area contributed by atoms with Gasteiger partial charge in [-0.15, -0.1) is 0 Å². The van der Waals surface area contributed by atoms with Crippen LogP contribution in [-0.4, -0.2) is 22.4 Å². The third-order valence-corrected chi connectivity index (χ3v) is 5.29. The first-order valence-corrected chi connectivity index (χ1v) is 9.76. The summed E-state index contributed by atoms with van der Waals surface area (Å²) in [4.78, 5) is 38.7. The summed E-state index contributed by atoms with van der Waals surface area (Å²) in [6.45, 7) is 3.70. The highest BCUT2D eigenvalue weighted by Gasteiger charge is 2.37. The molecule has 31 heavy (non-hydrogen) atoms. The first-order chi connectivity index (χ1) is 14.8. The molecule has 1 aliphatic heterocycles. The molecule has 2 aromatic carbocycles. The van der Waals surface area contributed by atoms with Crippen molar-refractivity contribution in [2.24, 2.45) is 0 Å². The minimum absolute atomic E-state index is 0.172. The molecule has 1 aromatic heterocycles. The number of benzene rings is 2. The summed E-state index contributed by atoms with van der Waals surface area (Å²) < 4.78 is 15.2. The van der Waals surface area contributed by atoms with Crippen molar-refractivity contribution in [1.82, 2.24) is 9.88 Å². The second-order valence-corrected chi connectivity index (χ2v) is 7.51. The number of rotatable bonds is 3. The lowest BCUT2D eigenvalue weighted by Gasteiger charge is -2.26. The number of barbiturate groups is 1. The Bertz CT molecular complexity index is 1240. The van der Waals surface area contributed by atoms with Crippen LogP contribution in [0, 0.1) is 19.7 Å². The predicted molar refractivity (Wildman–Crippen MR) is 116 cm³/mol. The van der Waals surface area contributed by atoms with E-state index >= 15 is 0 Å². The summed E-state index contributed by atoms with van der Waals surface area (Å²) in [5.41, 5.74) is 3.09. The molecule has 1 fully saturated rings. The lowest BCUT2D eigenvalue weighted by Crippen LogP contribution is -2.54. The van der Waals surface area contributed by atoms with E-state index in [0.717, 1.165) is 22.0 Å². The highest BCUT2D eigenvalue weighted by Crippen LogP contribution is 2.26. The maximum absolute atomic E-state index is 13.3. The van der Waals surface area contributed by atoms with Gasteiger partial charge in [0.25, 0.3) is 11.8 Å². The maximum atomic E-state index is 13.3. The van der Waals surface area contributed by atoms with Crippen LogP contribution >= 0.6 is 11.6 Å². The fraction of sp³-hybridized carbons (Fsp3) is 0.0870. The quantitative estimate of drug-likeness (QED) is 0.482. The number of anilines is 1. The lowest BCUT2D eigenvalue weighted by molar-refractivity contribution is -0.122. The maximum Gasteiger partial charge on any atom is 0.335 e. The standard InChI is InChI=1S/C23H17ClFN3O3/c1-13-11-15(14(2)27(13)18-9-5-17(25)6-10-18)12-20-21(29)26-23(31)28(22(20)30)19-7-3-16(24)4-8-19/h3-12H,1-2H3,(H,26,29,31)/b20-12-. The van der Waals surface area contributed by atoms with Crippen LogP contribution in [0.15, 0.2) is 60.2 Å². The van der Waals surface area contributed by atoms with E-state index in [1.54, 1.807) is 24.3 Å². The Labute approximate surface area is 182 Å². The summed E-state index contributed by atoms with van der Waals surface area (Å²) in [6, 6.07) is 13.1. The number of imide groups is 2. The number of carbonyl (C=O) groups is 3. The topological polar surface area (TPSA) is 71.4 Å². The van der Waals surface area contributed by atoms with Crippen molar-refractivity contribution >= 4 is 41.2 Å². The van der Waals surface area contributed by atoms with E-state index in [4.69, 9.17) is 11.6 Å². The Morgan fingerprint density at radius 3 is 2.19 bits per heavy atom. The van der Waals surface area contributed by atoms with Crippen LogP contribution in [-0.2, 0) is 9.59 Å². The first kappa shape index (κ1) is 20.6. The smallest absolute Gasteiger partial charge is 0.318 e. The van der Waals surface area contributed by atoms with Gasteiger partial charge in [0.05, 0.1) is 5.69 Å². The molecule has 1 aliphatic rings. The van der Waals surface area contributed by atoms with Gasteiger partial charge in [0, 0.05) is 22.1 Å². The molecular weight excluding hydrogens is 421 g/mol. The summed E-state index contributed by atoms with van der Waals surface area (Å²) in [5, 5.41) is 2.65. The van der Waals surface area contributed by atoms with Crippen molar-refractivity contribution in [3.05, 3.63) is 88.0 Å². The third kappa shape index (κ3) is 3.75. The van der Waals surface area contributed by atoms with Crippen molar-refractivity contribution in [3.8, 4) is 5.69 Å². The highest BCUT2D eigenvalue weighted by atomic mass is 35.5. The molecule has 1 saturated heterocycles. The lowest BCUT2D eigenvalue weighted by atomic mass is 10.1. The van der Waals surface area contributed by atoms with Gasteiger partial charge in [0.1, 0.15) is 11.4 Å². The average Bonchev–Trinajstić information content (AvgIpc) is 3.00. The van der Waals surface area contributed by atoms with Crippen LogP contribution in [0.25, 0.3) is 11.8 Å². The predicted octanol–water partition coefficient (Wildman–Crippen LogP) is 4.55. The molecule has 4 amide bonds. The first-order valence-electron chi connectivity index (χ1n) is 9.38. The minimum atomic E-state index is -0.828. The second-order valence-electron chi connectivity index (χ2n) is 7.07. The Morgan fingerprint density at radius 1 is 0.935 bits per heavy atom. The molecule has 0 bridgehead atoms. The second kappa shape index (κ2) is 7.85. The van der Waals surface area contributed by atoms with Gasteiger partial charge in [-0.25, -0.2) is 14.1 Å². The van der Waals surface area contributed by atoms with E-state index < -0.39 is 17.8 Å². The molecule has 0 unspecified atom stereocenters. The fourth-order valence-corrected chi connectivity index (χ4v) is 3.68. The normalized spacial score (nSPS) is 15.5. The molecule has 0 spiro atoms. The van der Waals surface area contributed by atoms with Crippen molar-refractivity contribution in [1.29, 1.82) is 0 Å². The van der Waals surface area contributed by atoms with Crippen LogP contribution < -0.4 is 10.2 Å². The Hall–Kier alpha value is -3.71. The van der Waals surface area contributed by atoms with Crippen LogP contribution in [0.4, 0.5) is 14.9 Å². The zero-order chi connectivity index (χ0) is 22.3. The molecule has 4 rings (SSSR count). The van der Waals surface area contributed by atoms with E-state index in [9.17, 15) is 18.8 Å². The summed E-state index contributed by atoms with van der Waals surface area (Å²) >= 11 is 5.88. The number of nitrogens with one attached hydrogen (secondary N) is 1. The zero-order valence-electron chi connectivity index (χ0n) is 16.6. The number of carbonyl (C=O) groups excluding carboxylic acids is 3. The number of amides is 4. The van der Waals surface area contributed by atoms with Gasteiger partial charge in [-0.2, -0.15) is 0 Å². The number of nitrogens with zero attached hydrogens (tertiary/aromatic N) is 2. The zero-order valence-corrected chi connectivity index (χ0v) is 17.4. The number of urea groups is 1. The van der Waals surface area contributed by atoms with Gasteiger partial charge >= 0.3 is 6.03 Å². The third-order valence-electron chi connectivity index (χ3n) is 5.04. The van der Waals surface area contributed by atoms with Gasteiger partial charge in [0.15, 0.2) is 0 Å². The number of aromatic nitrogens is 1. The van der Waals surface area contributed by atoms with Crippen molar-refractivity contribution in [2.45, 2.75) is 13.8 Å². The molecule has 156 valence electrons. The SMILES string of the molecule is Cc1cc(/C=C2/C(=O)NC(=O)N(c3ccc(Cl)cc3)C2=O)c(C)n1-c1ccc(F)cc1. The van der Waals surface area contributed by atoms with E-state index in [1.165, 1.54) is 30.3 Å². The van der Waals surface area contributed by atoms with Crippen molar-refractivity contribution < 1.29 is 18.8 Å². The molecule has 0 saturated carbocycles. The molecule has 8 heteroatoms. The molecular formula is C23H17ClFN3O3. The van der Waals surface area contributed by atoms with Crippen molar-refractivity contribution in [2.75, 3.05) is 4.90 Å². The highest BCUT2D eigenvalue weighted by molar-refractivity contribution is 6.39. The minimum Gasteiger partial charge on any atom is -0.318 e. The molecule has 0 radical (unpaired) electrons. The van der Waals surface area contributed by atoms with Gasteiger partial charge < -0.3 is 4.57 Å². The number of halogens is 2. The van der Waals surface area contributed by atoms with Gasteiger partial charge in [-0.1, -0.05) is 11.6 Å². The van der Waals surface area contributed by atoms with E-state index in [-0.39, 0.29) is 11.4 Å². The Balaban J connectivity index is 1.75. The average molecular weight is 438 g/mol. The van der Waals surface area contributed by atoms with E-state index in [0.29, 0.717) is 16.3 Å². The van der Waals surface area contributed by atoms with E-state index in [2.05, 4.69) is 5.32 Å². The number of hydrogen-bond acceptors (Lipinski definition) is 3. The van der Waals surface area contributed by atoms with Crippen LogP contribution in [0.2, 0.25) is 5.02 Å². The summed E-state index contributed by atoms with van der Waals surface area (Å²) in [6.07, 6.45) is 1.45. The molecule has 1 N–H and O–H groups in total. The summed E-state index contributed by atoms with van der Waals surface area (Å²) in [5.74, 6) is -1.85. The summed E-state index contributed by atoms with van der Waals surface area (Å²) in [7, 11) is 0. The fourth-order valence-electron chi connectivity index (χ4n) is 3.56. The molecule has 6 nitrogen and oxygen atoms in total. The van der Waals surface area contributed by atoms with Gasteiger partial charge in [0.2, 0.25) is 0 Å². The molecule has 0 atom stereocenters. The molecule has 3 aromatic rings. The van der Waals surface area contributed by atoms with Crippen molar-refractivity contribution in [3.63, 3.8) is 0 Å². The Kier molecular flexibility index (Phi) is 5.20. The van der Waals surface area contributed by atoms with Crippen LogP contribution in [0.3, 0.4) is 0 Å². The largest absolute Gasteiger partial charge is 0.335 e. The monoisotopic (exact) mass is 437 g/mol. The molecule has 2 heterocycles. The Morgan fingerprint density at radius 2 is 1.55 bits per heavy atom. The van der Waals surface area contributed by atoms with Gasteiger partial charge in [-0.3, -0.25) is 14.9 Å². The van der Waals surface area contributed by atoms with Crippen LogP contribution in [0.5, 0.6) is 0 Å². The molecule has 0 aliphatic carbocycles.